The molecule has 0 saturated heterocycles. The number of nitrogens with one attached hydrogen (secondary N) is 2. The van der Waals surface area contributed by atoms with Crippen molar-refractivity contribution in [3.05, 3.63) is 22.4 Å². The summed E-state index contributed by atoms with van der Waals surface area (Å²) in [4.78, 5) is 14.8. The van der Waals surface area contributed by atoms with Crippen molar-refractivity contribution in [3.8, 4) is 0 Å². The molecule has 0 unspecified atom stereocenters. The fraction of sp³-hybridized carbons (Fsp3) is 0.643. The smallest absolute Gasteiger partial charge is 0.267 e. The van der Waals surface area contributed by atoms with Crippen molar-refractivity contribution in [3.63, 3.8) is 0 Å². The maximum Gasteiger partial charge on any atom is 0.267 e. The molecule has 0 bridgehead atoms. The third-order valence-corrected chi connectivity index (χ3v) is 4.46. The van der Waals surface area contributed by atoms with E-state index in [4.69, 9.17) is 0 Å². The van der Waals surface area contributed by atoms with Crippen LogP contribution in [0.15, 0.2) is 16.7 Å². The van der Waals surface area contributed by atoms with Gasteiger partial charge in [-0.25, -0.2) is 0 Å². The van der Waals surface area contributed by atoms with Crippen LogP contribution in [0.2, 0.25) is 0 Å². The van der Waals surface area contributed by atoms with Gasteiger partial charge in [0.05, 0.1) is 5.60 Å². The van der Waals surface area contributed by atoms with Crippen molar-refractivity contribution < 1.29 is 9.90 Å². The molecule has 4 nitrogen and oxygen atoms in total. The summed E-state index contributed by atoms with van der Waals surface area (Å²) < 4.78 is 0.843. The highest BCUT2D eigenvalue weighted by molar-refractivity contribution is 9.10. The first kappa shape index (κ1) is 14.6. The molecule has 0 aromatic carbocycles. The Morgan fingerprint density at radius 2 is 2.05 bits per heavy atom. The number of amides is 1. The molecule has 19 heavy (non-hydrogen) atoms. The number of rotatable bonds is 3. The van der Waals surface area contributed by atoms with Crippen molar-refractivity contribution in [1.29, 1.82) is 0 Å². The molecule has 3 N–H and O–H groups in total. The Morgan fingerprint density at radius 1 is 1.42 bits per heavy atom. The molecule has 1 aliphatic carbocycles. The molecule has 0 radical (unpaired) electrons. The lowest BCUT2D eigenvalue weighted by Crippen LogP contribution is -2.46. The molecule has 1 amide bonds. The van der Waals surface area contributed by atoms with Crippen LogP contribution in [0.5, 0.6) is 0 Å². The van der Waals surface area contributed by atoms with Crippen LogP contribution in [-0.2, 0) is 0 Å². The third-order valence-electron chi connectivity index (χ3n) is 4.00. The Bertz CT molecular complexity index is 458. The summed E-state index contributed by atoms with van der Waals surface area (Å²) in [5.74, 6) is -0.177. The first-order valence-electron chi connectivity index (χ1n) is 6.64. The number of halogens is 1. The quantitative estimate of drug-likeness (QED) is 0.798. The normalized spacial score (nSPS) is 21.1. The van der Waals surface area contributed by atoms with E-state index in [9.17, 15) is 9.90 Å². The number of hydrogen-bond donors (Lipinski definition) is 3. The van der Waals surface area contributed by atoms with Crippen molar-refractivity contribution in [2.45, 2.75) is 45.1 Å². The molecule has 1 aromatic rings. The maximum absolute atomic E-state index is 11.9. The van der Waals surface area contributed by atoms with E-state index in [-0.39, 0.29) is 5.91 Å². The second-order valence-corrected chi connectivity index (χ2v) is 7.22. The summed E-state index contributed by atoms with van der Waals surface area (Å²) in [7, 11) is 0. The van der Waals surface area contributed by atoms with Gasteiger partial charge in [0.15, 0.2) is 0 Å². The van der Waals surface area contributed by atoms with Gasteiger partial charge in [-0.15, -0.1) is 0 Å². The van der Waals surface area contributed by atoms with Crippen LogP contribution in [0.25, 0.3) is 0 Å². The van der Waals surface area contributed by atoms with Crippen LogP contribution in [0, 0.1) is 5.41 Å². The summed E-state index contributed by atoms with van der Waals surface area (Å²) in [5.41, 5.74) is 0.0573. The van der Waals surface area contributed by atoms with E-state index < -0.39 is 5.60 Å². The monoisotopic (exact) mass is 328 g/mol. The lowest BCUT2D eigenvalue weighted by Gasteiger charge is -2.40. The SMILES string of the molecule is CC1(C)CCC(O)(CNC(=O)c2cc(Br)c[nH]2)CC1. The van der Waals surface area contributed by atoms with Crippen LogP contribution < -0.4 is 5.32 Å². The molecule has 1 aromatic heterocycles. The molecule has 1 saturated carbocycles. The standard InChI is InChI=1S/C14H21BrN2O2/c1-13(2)3-5-14(19,6-4-13)9-17-12(18)11-7-10(15)8-16-11/h7-8,16,19H,3-6,9H2,1-2H3,(H,17,18). The first-order chi connectivity index (χ1) is 8.80. The average Bonchev–Trinajstić information content (AvgIpc) is 2.78. The van der Waals surface area contributed by atoms with Gasteiger partial charge in [-0.3, -0.25) is 4.79 Å². The zero-order chi connectivity index (χ0) is 14.1. The summed E-state index contributed by atoms with van der Waals surface area (Å²) >= 11 is 3.29. The minimum atomic E-state index is -0.755. The van der Waals surface area contributed by atoms with Crippen LogP contribution >= 0.6 is 15.9 Å². The Morgan fingerprint density at radius 3 is 2.58 bits per heavy atom. The summed E-state index contributed by atoms with van der Waals surface area (Å²) in [6.45, 7) is 4.77. The number of carbonyl (C=O) groups excluding carboxylic acids is 1. The lowest BCUT2D eigenvalue weighted by atomic mass is 9.71. The Labute approximate surface area is 122 Å². The van der Waals surface area contributed by atoms with E-state index in [0.717, 1.165) is 30.2 Å². The van der Waals surface area contributed by atoms with Crippen LogP contribution in [-0.4, -0.2) is 28.1 Å². The molecule has 0 spiro atoms. The molecule has 2 rings (SSSR count). The molecular formula is C14H21BrN2O2. The highest BCUT2D eigenvalue weighted by Gasteiger charge is 2.36. The topological polar surface area (TPSA) is 65.1 Å². The third kappa shape index (κ3) is 3.83. The predicted molar refractivity (Wildman–Crippen MR) is 78.0 cm³/mol. The Kier molecular flexibility index (Phi) is 4.06. The molecule has 5 heteroatoms. The number of aromatic nitrogens is 1. The molecular weight excluding hydrogens is 308 g/mol. The fourth-order valence-electron chi connectivity index (χ4n) is 2.41. The van der Waals surface area contributed by atoms with Gasteiger partial charge < -0.3 is 15.4 Å². The van der Waals surface area contributed by atoms with Crippen molar-refractivity contribution in [2.24, 2.45) is 5.41 Å². The molecule has 0 atom stereocenters. The van der Waals surface area contributed by atoms with Crippen LogP contribution in [0.3, 0.4) is 0 Å². The second-order valence-electron chi connectivity index (χ2n) is 6.30. The molecule has 1 heterocycles. The van der Waals surface area contributed by atoms with Gasteiger partial charge in [-0.1, -0.05) is 13.8 Å². The summed E-state index contributed by atoms with van der Waals surface area (Å²) in [5, 5.41) is 13.3. The van der Waals surface area contributed by atoms with Gasteiger partial charge in [0.1, 0.15) is 5.69 Å². The van der Waals surface area contributed by atoms with E-state index in [1.807, 2.05) is 0 Å². The molecule has 1 aliphatic rings. The van der Waals surface area contributed by atoms with E-state index in [2.05, 4.69) is 40.1 Å². The van der Waals surface area contributed by atoms with E-state index in [1.165, 1.54) is 0 Å². The van der Waals surface area contributed by atoms with Gasteiger partial charge in [-0.2, -0.15) is 0 Å². The minimum absolute atomic E-state index is 0.177. The number of hydrogen-bond acceptors (Lipinski definition) is 2. The predicted octanol–water partition coefficient (Wildman–Crippen LogP) is 2.84. The zero-order valence-electron chi connectivity index (χ0n) is 11.4. The Balaban J connectivity index is 1.87. The van der Waals surface area contributed by atoms with Gasteiger partial charge in [0.2, 0.25) is 0 Å². The fourth-order valence-corrected chi connectivity index (χ4v) is 2.75. The first-order valence-corrected chi connectivity index (χ1v) is 7.44. The second kappa shape index (κ2) is 5.29. The minimum Gasteiger partial charge on any atom is -0.388 e. The van der Waals surface area contributed by atoms with Gasteiger partial charge >= 0.3 is 0 Å². The van der Waals surface area contributed by atoms with E-state index in [0.29, 0.717) is 17.7 Å². The van der Waals surface area contributed by atoms with Crippen molar-refractivity contribution >= 4 is 21.8 Å². The summed E-state index contributed by atoms with van der Waals surface area (Å²) in [6, 6.07) is 1.73. The highest BCUT2D eigenvalue weighted by Crippen LogP contribution is 2.39. The highest BCUT2D eigenvalue weighted by atomic mass is 79.9. The van der Waals surface area contributed by atoms with Gasteiger partial charge in [0.25, 0.3) is 5.91 Å². The van der Waals surface area contributed by atoms with Gasteiger partial charge in [0, 0.05) is 17.2 Å². The number of aliphatic hydroxyl groups is 1. The van der Waals surface area contributed by atoms with Crippen LogP contribution in [0.1, 0.15) is 50.0 Å². The zero-order valence-corrected chi connectivity index (χ0v) is 13.0. The number of H-pyrrole nitrogens is 1. The molecule has 106 valence electrons. The Hall–Kier alpha value is -0.810. The van der Waals surface area contributed by atoms with Crippen LogP contribution in [0.4, 0.5) is 0 Å². The molecule has 0 aliphatic heterocycles. The largest absolute Gasteiger partial charge is 0.388 e. The van der Waals surface area contributed by atoms with E-state index in [1.54, 1.807) is 12.3 Å². The number of aromatic amines is 1. The molecule has 1 fully saturated rings. The average molecular weight is 329 g/mol. The van der Waals surface area contributed by atoms with Gasteiger partial charge in [-0.05, 0) is 53.1 Å². The van der Waals surface area contributed by atoms with Crippen molar-refractivity contribution in [1.82, 2.24) is 10.3 Å². The summed E-state index contributed by atoms with van der Waals surface area (Å²) in [6.07, 6.45) is 5.19. The number of carbonyl (C=O) groups is 1. The van der Waals surface area contributed by atoms with E-state index >= 15 is 0 Å². The maximum atomic E-state index is 11.9. The van der Waals surface area contributed by atoms with Crippen molar-refractivity contribution in [2.75, 3.05) is 6.54 Å². The lowest BCUT2D eigenvalue weighted by molar-refractivity contribution is -0.0233.